The Morgan fingerprint density at radius 3 is 2.24 bits per heavy atom. The van der Waals surface area contributed by atoms with Crippen LogP contribution in [-0.2, 0) is 13.2 Å². The molecule has 90 valence electrons. The van der Waals surface area contributed by atoms with Crippen LogP contribution in [0.25, 0.3) is 11.3 Å². The first kappa shape index (κ1) is 11.5. The predicted octanol–water partition coefficient (Wildman–Crippen LogP) is 2.69. The smallest absolute Gasteiger partial charge is 0.399 e. The number of aryl methyl sites for hydroxylation is 1. The molecule has 0 aliphatic heterocycles. The van der Waals surface area contributed by atoms with Gasteiger partial charge in [-0.3, -0.25) is 4.68 Å². The van der Waals surface area contributed by atoms with Gasteiger partial charge in [-0.1, -0.05) is 12.1 Å². The Labute approximate surface area is 95.7 Å². The second-order valence-electron chi connectivity index (χ2n) is 3.66. The summed E-state index contributed by atoms with van der Waals surface area (Å²) in [6, 6.07) is 7.61. The van der Waals surface area contributed by atoms with E-state index in [0.717, 1.165) is 6.07 Å². The van der Waals surface area contributed by atoms with Gasteiger partial charge < -0.3 is 5.73 Å². The van der Waals surface area contributed by atoms with Gasteiger partial charge >= 0.3 is 6.18 Å². The number of hydrogen-bond acceptors (Lipinski definition) is 2. The van der Waals surface area contributed by atoms with Crippen molar-refractivity contribution in [2.75, 3.05) is 5.73 Å². The molecule has 1 heterocycles. The van der Waals surface area contributed by atoms with Crippen LogP contribution in [0.3, 0.4) is 0 Å². The molecule has 0 fully saturated rings. The van der Waals surface area contributed by atoms with Crippen molar-refractivity contribution in [2.45, 2.75) is 6.18 Å². The molecule has 17 heavy (non-hydrogen) atoms. The monoisotopic (exact) mass is 241 g/mol. The molecule has 0 aliphatic carbocycles. The van der Waals surface area contributed by atoms with E-state index in [1.807, 2.05) is 0 Å². The zero-order valence-electron chi connectivity index (χ0n) is 8.99. The Kier molecular flexibility index (Phi) is 2.57. The van der Waals surface area contributed by atoms with Crippen molar-refractivity contribution >= 4 is 5.69 Å². The summed E-state index contributed by atoms with van der Waals surface area (Å²) in [5.74, 6) is 0. The van der Waals surface area contributed by atoms with Crippen molar-refractivity contribution < 1.29 is 13.2 Å². The quantitative estimate of drug-likeness (QED) is 0.780. The summed E-state index contributed by atoms with van der Waals surface area (Å²) in [4.78, 5) is 0. The first-order valence-corrected chi connectivity index (χ1v) is 4.85. The molecule has 0 atom stereocenters. The van der Waals surface area contributed by atoms with E-state index in [0.29, 0.717) is 16.9 Å². The largest absolute Gasteiger partial charge is 0.435 e. The highest BCUT2D eigenvalue weighted by Crippen LogP contribution is 2.31. The topological polar surface area (TPSA) is 43.8 Å². The van der Waals surface area contributed by atoms with Crippen LogP contribution in [0, 0.1) is 0 Å². The lowest BCUT2D eigenvalue weighted by atomic mass is 10.1. The third-order valence-corrected chi connectivity index (χ3v) is 2.38. The number of benzene rings is 1. The van der Waals surface area contributed by atoms with E-state index in [-0.39, 0.29) is 0 Å². The lowest BCUT2D eigenvalue weighted by Crippen LogP contribution is -2.06. The molecule has 0 bridgehead atoms. The molecule has 3 nitrogen and oxygen atoms in total. The minimum atomic E-state index is -4.43. The minimum Gasteiger partial charge on any atom is -0.399 e. The number of nitrogens with zero attached hydrogens (tertiary/aromatic N) is 2. The van der Waals surface area contributed by atoms with Crippen molar-refractivity contribution in [1.82, 2.24) is 9.78 Å². The maximum absolute atomic E-state index is 12.5. The Morgan fingerprint density at radius 2 is 1.76 bits per heavy atom. The van der Waals surface area contributed by atoms with E-state index in [4.69, 9.17) is 5.73 Å². The highest BCUT2D eigenvalue weighted by Gasteiger charge is 2.34. The van der Waals surface area contributed by atoms with Gasteiger partial charge in [-0.25, -0.2) is 0 Å². The van der Waals surface area contributed by atoms with Crippen molar-refractivity contribution in [3.63, 3.8) is 0 Å². The van der Waals surface area contributed by atoms with E-state index >= 15 is 0 Å². The Bertz CT molecular complexity index is 526. The summed E-state index contributed by atoms with van der Waals surface area (Å²) >= 11 is 0. The van der Waals surface area contributed by atoms with Gasteiger partial charge in [0.15, 0.2) is 5.69 Å². The van der Waals surface area contributed by atoms with E-state index in [2.05, 4.69) is 5.10 Å². The van der Waals surface area contributed by atoms with Gasteiger partial charge in [0.1, 0.15) is 0 Å². The normalized spacial score (nSPS) is 11.8. The van der Waals surface area contributed by atoms with Crippen LogP contribution in [0.5, 0.6) is 0 Å². The number of hydrogen-bond donors (Lipinski definition) is 1. The third kappa shape index (κ3) is 2.25. The number of rotatable bonds is 1. The van der Waals surface area contributed by atoms with Crippen LogP contribution in [-0.4, -0.2) is 9.78 Å². The molecule has 0 saturated heterocycles. The van der Waals surface area contributed by atoms with E-state index in [9.17, 15) is 13.2 Å². The average Bonchev–Trinajstić information content (AvgIpc) is 2.61. The van der Waals surface area contributed by atoms with E-state index in [1.165, 1.54) is 11.7 Å². The molecule has 2 N–H and O–H groups in total. The summed E-state index contributed by atoms with van der Waals surface area (Å²) < 4.78 is 38.6. The second-order valence-corrected chi connectivity index (χ2v) is 3.66. The second kappa shape index (κ2) is 3.80. The fourth-order valence-electron chi connectivity index (χ4n) is 1.53. The molecular weight excluding hydrogens is 231 g/mol. The zero-order valence-corrected chi connectivity index (χ0v) is 8.99. The van der Waals surface area contributed by atoms with Gasteiger partial charge in [-0.15, -0.1) is 0 Å². The fraction of sp³-hybridized carbons (Fsp3) is 0.182. The van der Waals surface area contributed by atoms with Crippen LogP contribution in [0.4, 0.5) is 18.9 Å². The summed E-state index contributed by atoms with van der Waals surface area (Å²) in [6.07, 6.45) is -4.43. The highest BCUT2D eigenvalue weighted by atomic mass is 19.4. The molecule has 0 spiro atoms. The number of nitrogens with two attached hydrogens (primary N) is 1. The molecule has 0 aliphatic rings. The van der Waals surface area contributed by atoms with Gasteiger partial charge in [0.25, 0.3) is 0 Å². The molecular formula is C11H10F3N3. The first-order chi connectivity index (χ1) is 7.88. The number of nitrogen functional groups attached to an aromatic ring is 1. The van der Waals surface area contributed by atoms with Crippen LogP contribution < -0.4 is 5.73 Å². The maximum Gasteiger partial charge on any atom is 0.435 e. The summed E-state index contributed by atoms with van der Waals surface area (Å²) in [5.41, 5.74) is 6.22. The maximum atomic E-state index is 12.5. The van der Waals surface area contributed by atoms with Crippen molar-refractivity contribution in [1.29, 1.82) is 0 Å². The van der Waals surface area contributed by atoms with Gasteiger partial charge in [0.2, 0.25) is 0 Å². The molecule has 1 aromatic heterocycles. The third-order valence-electron chi connectivity index (χ3n) is 2.38. The molecule has 1 aromatic carbocycles. The molecule has 0 saturated carbocycles. The molecule has 6 heteroatoms. The molecule has 0 amide bonds. The zero-order chi connectivity index (χ0) is 12.6. The molecule has 2 rings (SSSR count). The van der Waals surface area contributed by atoms with Gasteiger partial charge in [0.05, 0.1) is 5.69 Å². The van der Waals surface area contributed by atoms with E-state index in [1.54, 1.807) is 24.3 Å². The molecule has 0 unspecified atom stereocenters. The lowest BCUT2D eigenvalue weighted by molar-refractivity contribution is -0.141. The number of aromatic nitrogens is 2. The standard InChI is InChI=1S/C11H10F3N3/c1-17-9(6-10(16-17)11(12,13)14)7-2-4-8(15)5-3-7/h2-6H,15H2,1H3. The number of alkyl halides is 3. The van der Waals surface area contributed by atoms with E-state index < -0.39 is 11.9 Å². The first-order valence-electron chi connectivity index (χ1n) is 4.85. The summed E-state index contributed by atoms with van der Waals surface area (Å²) in [6.45, 7) is 0. The lowest BCUT2D eigenvalue weighted by Gasteiger charge is -2.01. The van der Waals surface area contributed by atoms with Crippen molar-refractivity contribution in [2.24, 2.45) is 7.05 Å². The van der Waals surface area contributed by atoms with Crippen LogP contribution >= 0.6 is 0 Å². The van der Waals surface area contributed by atoms with Crippen LogP contribution in [0.1, 0.15) is 5.69 Å². The number of halogens is 3. The van der Waals surface area contributed by atoms with Gasteiger partial charge in [-0.2, -0.15) is 18.3 Å². The van der Waals surface area contributed by atoms with Crippen molar-refractivity contribution in [3.05, 3.63) is 36.0 Å². The molecule has 0 radical (unpaired) electrons. The SMILES string of the molecule is Cn1nc(C(F)(F)F)cc1-c1ccc(N)cc1. The Hall–Kier alpha value is -1.98. The van der Waals surface area contributed by atoms with Crippen LogP contribution in [0.2, 0.25) is 0 Å². The van der Waals surface area contributed by atoms with Gasteiger partial charge in [0, 0.05) is 12.7 Å². The Morgan fingerprint density at radius 1 is 1.18 bits per heavy atom. The highest BCUT2D eigenvalue weighted by molar-refractivity contribution is 5.62. The predicted molar refractivity (Wildman–Crippen MR) is 58.1 cm³/mol. The van der Waals surface area contributed by atoms with Crippen molar-refractivity contribution in [3.8, 4) is 11.3 Å². The summed E-state index contributed by atoms with van der Waals surface area (Å²) in [7, 11) is 1.47. The average molecular weight is 241 g/mol. The summed E-state index contributed by atoms with van der Waals surface area (Å²) in [5, 5.41) is 3.44. The van der Waals surface area contributed by atoms with Crippen LogP contribution in [0.15, 0.2) is 30.3 Å². The number of anilines is 1. The molecule has 2 aromatic rings. The Balaban J connectivity index is 2.46. The van der Waals surface area contributed by atoms with Gasteiger partial charge in [-0.05, 0) is 23.8 Å². The minimum absolute atomic E-state index is 0.400. The fourth-order valence-corrected chi connectivity index (χ4v) is 1.53.